The maximum absolute atomic E-state index is 12.3. The van der Waals surface area contributed by atoms with Gasteiger partial charge < -0.3 is 19.8 Å². The van der Waals surface area contributed by atoms with Crippen molar-refractivity contribution in [1.29, 1.82) is 0 Å². The van der Waals surface area contributed by atoms with Gasteiger partial charge in [0.2, 0.25) is 5.75 Å². The van der Waals surface area contributed by atoms with Crippen LogP contribution in [-0.2, 0) is 0 Å². The van der Waals surface area contributed by atoms with E-state index >= 15 is 0 Å². The van der Waals surface area contributed by atoms with Crippen molar-refractivity contribution in [1.82, 2.24) is 15.0 Å². The largest absolute Gasteiger partial charge is 0.474 e. The maximum Gasteiger partial charge on any atom is 0.406 e. The molecule has 0 aliphatic rings. The molecule has 0 radical (unpaired) electrons. The van der Waals surface area contributed by atoms with Gasteiger partial charge in [0.25, 0.3) is 5.56 Å². The number of nitrogens with one attached hydrogen (secondary N) is 1. The Labute approximate surface area is 140 Å². The van der Waals surface area contributed by atoms with Crippen LogP contribution in [0.3, 0.4) is 0 Å². The van der Waals surface area contributed by atoms with Crippen molar-refractivity contribution in [3.63, 3.8) is 0 Å². The molecule has 0 unspecified atom stereocenters. The fourth-order valence-corrected chi connectivity index (χ4v) is 3.36. The van der Waals surface area contributed by atoms with Gasteiger partial charge in [-0.25, -0.2) is 4.98 Å². The summed E-state index contributed by atoms with van der Waals surface area (Å²) in [4.78, 5) is 35.2. The third-order valence-electron chi connectivity index (χ3n) is 3.67. The number of ether oxygens (including phenoxy) is 1. The number of thiophene rings is 1. The van der Waals surface area contributed by atoms with Crippen molar-refractivity contribution in [3.05, 3.63) is 55.1 Å². The van der Waals surface area contributed by atoms with E-state index in [9.17, 15) is 14.9 Å². The highest BCUT2D eigenvalue weighted by Crippen LogP contribution is 2.29. The van der Waals surface area contributed by atoms with Crippen LogP contribution < -0.4 is 10.3 Å². The highest BCUT2D eigenvalue weighted by molar-refractivity contribution is 7.18. The Balaban J connectivity index is 1.99. The lowest BCUT2D eigenvalue weighted by Gasteiger charge is -2.13. The van der Waals surface area contributed by atoms with Crippen molar-refractivity contribution in [2.45, 2.75) is 26.9 Å². The third-order valence-corrected chi connectivity index (χ3v) is 4.77. The molecule has 3 rings (SSSR count). The Hall–Kier alpha value is -2.81. The molecule has 3 aromatic rings. The van der Waals surface area contributed by atoms with Crippen molar-refractivity contribution < 1.29 is 9.66 Å². The second-order valence-electron chi connectivity index (χ2n) is 5.26. The van der Waals surface area contributed by atoms with Gasteiger partial charge in [0.05, 0.1) is 5.39 Å². The number of hydrogen-bond donors (Lipinski definition) is 1. The van der Waals surface area contributed by atoms with Crippen molar-refractivity contribution >= 4 is 27.4 Å². The number of aromatic nitrogens is 3. The molecular weight excluding hydrogens is 332 g/mol. The maximum atomic E-state index is 12.3. The Bertz CT molecular complexity index is 995. The molecule has 124 valence electrons. The summed E-state index contributed by atoms with van der Waals surface area (Å²) in [7, 11) is 0. The predicted octanol–water partition coefficient (Wildman–Crippen LogP) is 3.04. The minimum atomic E-state index is -0.673. The van der Waals surface area contributed by atoms with Crippen LogP contribution in [0.4, 0.5) is 5.82 Å². The molecule has 24 heavy (non-hydrogen) atoms. The molecule has 0 spiro atoms. The monoisotopic (exact) mass is 346 g/mol. The van der Waals surface area contributed by atoms with Gasteiger partial charge >= 0.3 is 5.82 Å². The first-order valence-corrected chi connectivity index (χ1v) is 7.96. The number of nitro groups is 1. The lowest BCUT2D eigenvalue weighted by atomic mass is 10.2. The van der Waals surface area contributed by atoms with Crippen LogP contribution in [-0.4, -0.2) is 19.9 Å². The van der Waals surface area contributed by atoms with E-state index in [2.05, 4.69) is 15.0 Å². The van der Waals surface area contributed by atoms with Gasteiger partial charge in [-0.3, -0.25) is 4.79 Å². The zero-order valence-electron chi connectivity index (χ0n) is 13.2. The van der Waals surface area contributed by atoms with Crippen LogP contribution in [0.2, 0.25) is 0 Å². The van der Waals surface area contributed by atoms with Gasteiger partial charge in [-0.05, 0) is 48.4 Å². The molecule has 0 saturated heterocycles. The van der Waals surface area contributed by atoms with Gasteiger partial charge in [-0.2, -0.15) is 0 Å². The number of H-pyrrole nitrogens is 1. The number of aryl methyl sites for hydroxylation is 2. The summed E-state index contributed by atoms with van der Waals surface area (Å²) >= 11 is 1.43. The van der Waals surface area contributed by atoms with Gasteiger partial charge in [0, 0.05) is 4.88 Å². The van der Waals surface area contributed by atoms with E-state index in [0.29, 0.717) is 16.0 Å². The molecular formula is C15H14N4O4S. The Morgan fingerprint density at radius 1 is 1.42 bits per heavy atom. The molecule has 3 aromatic heterocycles. The molecule has 3 heterocycles. The lowest BCUT2D eigenvalue weighted by Crippen LogP contribution is -2.16. The number of hydrogen-bond acceptors (Lipinski definition) is 7. The van der Waals surface area contributed by atoms with Gasteiger partial charge in [0.15, 0.2) is 11.9 Å². The zero-order chi connectivity index (χ0) is 17.4. The Kier molecular flexibility index (Phi) is 4.02. The average Bonchev–Trinajstić information content (AvgIpc) is 2.82. The van der Waals surface area contributed by atoms with Crippen LogP contribution in [0.5, 0.6) is 5.75 Å². The highest BCUT2D eigenvalue weighted by atomic mass is 32.1. The average molecular weight is 346 g/mol. The van der Waals surface area contributed by atoms with E-state index < -0.39 is 11.0 Å². The summed E-state index contributed by atoms with van der Waals surface area (Å²) in [5.74, 6) is -0.0428. The topological polar surface area (TPSA) is 111 Å². The van der Waals surface area contributed by atoms with E-state index in [0.717, 1.165) is 10.4 Å². The first kappa shape index (κ1) is 16.1. The Morgan fingerprint density at radius 2 is 2.17 bits per heavy atom. The first-order valence-electron chi connectivity index (χ1n) is 7.14. The molecule has 0 fully saturated rings. The number of aromatic amines is 1. The summed E-state index contributed by atoms with van der Waals surface area (Å²) in [6.45, 7) is 5.47. The van der Waals surface area contributed by atoms with E-state index in [1.54, 1.807) is 13.0 Å². The van der Waals surface area contributed by atoms with Crippen LogP contribution in [0, 0.1) is 24.0 Å². The number of rotatable bonds is 4. The molecule has 1 N–H and O–H groups in total. The number of fused-ring (bicyclic) bond motifs is 1. The molecule has 0 aliphatic heterocycles. The molecule has 0 amide bonds. The fraction of sp³-hybridized carbons (Fsp3) is 0.267. The second kappa shape index (κ2) is 6.00. The van der Waals surface area contributed by atoms with Crippen molar-refractivity contribution in [2.24, 2.45) is 0 Å². The van der Waals surface area contributed by atoms with Crippen LogP contribution >= 0.6 is 11.3 Å². The molecule has 9 heteroatoms. The molecule has 1 atom stereocenters. The third kappa shape index (κ3) is 2.73. The van der Waals surface area contributed by atoms with Crippen LogP contribution in [0.15, 0.2) is 23.1 Å². The highest BCUT2D eigenvalue weighted by Gasteiger charge is 2.21. The number of nitrogens with zero attached hydrogens (tertiary/aromatic N) is 3. The van der Waals surface area contributed by atoms with Crippen LogP contribution in [0.1, 0.15) is 29.3 Å². The molecule has 0 aliphatic carbocycles. The van der Waals surface area contributed by atoms with Crippen molar-refractivity contribution in [2.75, 3.05) is 0 Å². The second-order valence-corrected chi connectivity index (χ2v) is 6.46. The SMILES string of the molecule is Cc1sc2nc([C@H](C)Oc3cccnc3[N+](=O)[O-])[nH]c(=O)c2c1C. The van der Waals surface area contributed by atoms with Gasteiger partial charge in [0.1, 0.15) is 11.0 Å². The van der Waals surface area contributed by atoms with E-state index in [4.69, 9.17) is 4.74 Å². The fourth-order valence-electron chi connectivity index (χ4n) is 2.32. The summed E-state index contributed by atoms with van der Waals surface area (Å²) < 4.78 is 5.60. The number of pyridine rings is 1. The smallest absolute Gasteiger partial charge is 0.406 e. The van der Waals surface area contributed by atoms with E-state index in [1.807, 2.05) is 13.8 Å². The Morgan fingerprint density at radius 3 is 2.88 bits per heavy atom. The zero-order valence-corrected chi connectivity index (χ0v) is 14.0. The predicted molar refractivity (Wildman–Crippen MR) is 89.6 cm³/mol. The molecule has 0 saturated carbocycles. The molecule has 0 aromatic carbocycles. The summed E-state index contributed by atoms with van der Waals surface area (Å²) in [6.07, 6.45) is 0.645. The quantitative estimate of drug-likeness (QED) is 0.574. The summed E-state index contributed by atoms with van der Waals surface area (Å²) in [6, 6.07) is 3.00. The normalized spacial score (nSPS) is 12.3. The summed E-state index contributed by atoms with van der Waals surface area (Å²) in [5.41, 5.74) is 0.666. The van der Waals surface area contributed by atoms with E-state index in [-0.39, 0.29) is 17.1 Å². The standard InChI is InChI=1S/C15H14N4O4S/c1-7-9(3)24-15-11(7)14(20)17-12(18-15)8(2)23-10-5-4-6-16-13(10)19(21)22/h4-6,8H,1-3H3,(H,17,18,20)/t8-/m0/s1. The summed E-state index contributed by atoms with van der Waals surface area (Å²) in [5, 5.41) is 11.6. The minimum Gasteiger partial charge on any atom is -0.474 e. The minimum absolute atomic E-state index is 0.0243. The van der Waals surface area contributed by atoms with E-state index in [1.165, 1.54) is 23.6 Å². The van der Waals surface area contributed by atoms with Crippen LogP contribution in [0.25, 0.3) is 10.2 Å². The molecule has 8 nitrogen and oxygen atoms in total. The molecule has 0 bridgehead atoms. The van der Waals surface area contributed by atoms with Gasteiger partial charge in [-0.15, -0.1) is 11.3 Å². The first-order chi connectivity index (χ1) is 11.4. The van der Waals surface area contributed by atoms with Gasteiger partial charge in [-0.1, -0.05) is 0 Å². The lowest BCUT2D eigenvalue weighted by molar-refractivity contribution is -0.390. The van der Waals surface area contributed by atoms with Crippen molar-refractivity contribution in [3.8, 4) is 5.75 Å².